The molecule has 2 nitrogen and oxygen atoms in total. The molecular formula is C46H29NOS. The normalized spacial score (nSPS) is 11.7. The van der Waals surface area contributed by atoms with Gasteiger partial charge in [-0.25, -0.2) is 0 Å². The maximum Gasteiger partial charge on any atom is 0.137 e. The Morgan fingerprint density at radius 1 is 0.388 bits per heavy atom. The summed E-state index contributed by atoms with van der Waals surface area (Å²) in [4.78, 5) is 0. The van der Waals surface area contributed by atoms with E-state index < -0.39 is 0 Å². The number of furan rings is 1. The monoisotopic (exact) mass is 643 g/mol. The first kappa shape index (κ1) is 27.9. The summed E-state index contributed by atoms with van der Waals surface area (Å²) in [6, 6.07) is 61.0. The zero-order chi connectivity index (χ0) is 32.3. The summed E-state index contributed by atoms with van der Waals surface area (Å²) < 4.78 is 8.86. The summed E-state index contributed by atoms with van der Waals surface area (Å²) in [5.74, 6) is 0. The lowest BCUT2D eigenvalue weighted by Gasteiger charge is -2.18. The standard InChI is InChI=1S/C46H29NOS/c1-2-11-32-27-39(34-12-3-6-15-40(34)47-41-16-9-18-43-46(41)37-14-4-7-17-42(37)48-43)38(26-31(32)10-1)30-22-20-29(21-23-30)33-24-25-36-35-13-5-8-19-44(35)49-45(36)28-33/h1-28,47H. The van der Waals surface area contributed by atoms with E-state index in [4.69, 9.17) is 4.42 Å². The number of anilines is 2. The zero-order valence-corrected chi connectivity index (χ0v) is 27.3. The van der Waals surface area contributed by atoms with Gasteiger partial charge in [-0.05, 0) is 87.1 Å². The fourth-order valence-corrected chi connectivity index (χ4v) is 8.45. The summed E-state index contributed by atoms with van der Waals surface area (Å²) in [5.41, 5.74) is 11.0. The van der Waals surface area contributed by atoms with Crippen molar-refractivity contribution in [1.82, 2.24) is 0 Å². The highest BCUT2D eigenvalue weighted by molar-refractivity contribution is 7.25. The molecule has 10 aromatic rings. The topological polar surface area (TPSA) is 25.2 Å². The van der Waals surface area contributed by atoms with Crippen LogP contribution in [0.4, 0.5) is 11.4 Å². The average molecular weight is 644 g/mol. The van der Waals surface area contributed by atoms with E-state index in [1.165, 1.54) is 58.8 Å². The highest BCUT2D eigenvalue weighted by atomic mass is 32.1. The van der Waals surface area contributed by atoms with Crippen LogP contribution in [0, 0.1) is 0 Å². The molecule has 0 fully saturated rings. The number of nitrogens with one attached hydrogen (secondary N) is 1. The number of rotatable bonds is 5. The minimum absolute atomic E-state index is 0.877. The van der Waals surface area contributed by atoms with Crippen LogP contribution in [0.1, 0.15) is 0 Å². The van der Waals surface area contributed by atoms with Crippen LogP contribution in [0.3, 0.4) is 0 Å². The predicted octanol–water partition coefficient (Wildman–Crippen LogP) is 13.9. The third-order valence-electron chi connectivity index (χ3n) is 9.68. The van der Waals surface area contributed by atoms with Crippen molar-refractivity contribution in [3.8, 4) is 33.4 Å². The minimum Gasteiger partial charge on any atom is -0.456 e. The molecule has 1 N–H and O–H groups in total. The van der Waals surface area contributed by atoms with Crippen LogP contribution >= 0.6 is 11.3 Å². The Labute approximate surface area is 287 Å². The van der Waals surface area contributed by atoms with Crippen molar-refractivity contribution in [2.24, 2.45) is 0 Å². The summed E-state index contributed by atoms with van der Waals surface area (Å²) >= 11 is 1.86. The van der Waals surface area contributed by atoms with Crippen molar-refractivity contribution in [2.45, 2.75) is 0 Å². The van der Waals surface area contributed by atoms with Crippen molar-refractivity contribution in [3.63, 3.8) is 0 Å². The Kier molecular flexibility index (Phi) is 6.39. The summed E-state index contributed by atoms with van der Waals surface area (Å²) in [6.45, 7) is 0. The molecule has 0 amide bonds. The van der Waals surface area contributed by atoms with Crippen molar-refractivity contribution in [1.29, 1.82) is 0 Å². The van der Waals surface area contributed by atoms with Gasteiger partial charge < -0.3 is 9.73 Å². The highest BCUT2D eigenvalue weighted by Gasteiger charge is 2.16. The molecule has 0 unspecified atom stereocenters. The van der Waals surface area contributed by atoms with Crippen LogP contribution in [0.2, 0.25) is 0 Å². The van der Waals surface area contributed by atoms with Gasteiger partial charge in [-0.1, -0.05) is 121 Å². The lowest BCUT2D eigenvalue weighted by molar-refractivity contribution is 0.669. The van der Waals surface area contributed by atoms with Gasteiger partial charge in [0.15, 0.2) is 0 Å². The summed E-state index contributed by atoms with van der Waals surface area (Å²) in [5, 5.41) is 11.1. The van der Waals surface area contributed by atoms with Crippen LogP contribution < -0.4 is 5.32 Å². The van der Waals surface area contributed by atoms with E-state index in [0.29, 0.717) is 0 Å². The molecule has 10 rings (SSSR count). The number of para-hydroxylation sites is 2. The fraction of sp³-hybridized carbons (Fsp3) is 0. The molecule has 0 saturated carbocycles. The maximum absolute atomic E-state index is 6.21. The Morgan fingerprint density at radius 2 is 1.02 bits per heavy atom. The molecule has 0 aliphatic carbocycles. The van der Waals surface area contributed by atoms with Crippen molar-refractivity contribution >= 4 is 75.6 Å². The number of hydrogen-bond donors (Lipinski definition) is 1. The highest BCUT2D eigenvalue weighted by Crippen LogP contribution is 2.43. The Bertz CT molecular complexity index is 2860. The molecule has 230 valence electrons. The van der Waals surface area contributed by atoms with Crippen LogP contribution in [0.5, 0.6) is 0 Å². The number of benzene rings is 8. The molecule has 0 radical (unpaired) electrons. The number of fused-ring (bicyclic) bond motifs is 7. The van der Waals surface area contributed by atoms with Gasteiger partial charge in [-0.2, -0.15) is 0 Å². The molecular weight excluding hydrogens is 615 g/mol. The zero-order valence-electron chi connectivity index (χ0n) is 26.5. The summed E-state index contributed by atoms with van der Waals surface area (Å²) in [7, 11) is 0. The van der Waals surface area contributed by atoms with Gasteiger partial charge in [0.2, 0.25) is 0 Å². The van der Waals surface area contributed by atoms with E-state index in [1.54, 1.807) is 0 Å². The minimum atomic E-state index is 0.877. The lowest BCUT2D eigenvalue weighted by atomic mass is 9.90. The quantitative estimate of drug-likeness (QED) is 0.202. The van der Waals surface area contributed by atoms with Crippen molar-refractivity contribution in [3.05, 3.63) is 170 Å². The Morgan fingerprint density at radius 3 is 1.90 bits per heavy atom. The molecule has 8 aromatic carbocycles. The molecule has 49 heavy (non-hydrogen) atoms. The SMILES string of the molecule is c1ccc(-c2cc3ccccc3cc2-c2ccc(-c3ccc4c(c3)sc3ccccc34)cc2)c(Nc2cccc3oc4ccccc4c23)c1. The second-order valence-corrected chi connectivity index (χ2v) is 13.7. The van der Waals surface area contributed by atoms with E-state index in [0.717, 1.165) is 38.9 Å². The van der Waals surface area contributed by atoms with E-state index in [9.17, 15) is 0 Å². The van der Waals surface area contributed by atoms with Gasteiger partial charge in [0.25, 0.3) is 0 Å². The first-order chi connectivity index (χ1) is 24.3. The van der Waals surface area contributed by atoms with E-state index in [2.05, 4.69) is 157 Å². The predicted molar refractivity (Wildman–Crippen MR) is 210 cm³/mol. The van der Waals surface area contributed by atoms with E-state index in [1.807, 2.05) is 29.5 Å². The van der Waals surface area contributed by atoms with Crippen LogP contribution in [0.15, 0.2) is 174 Å². The molecule has 0 atom stereocenters. The van der Waals surface area contributed by atoms with Gasteiger partial charge in [-0.15, -0.1) is 11.3 Å². The van der Waals surface area contributed by atoms with Gasteiger partial charge >= 0.3 is 0 Å². The first-order valence-corrected chi connectivity index (χ1v) is 17.4. The Hall–Kier alpha value is -6.16. The average Bonchev–Trinajstić information content (AvgIpc) is 3.73. The van der Waals surface area contributed by atoms with Crippen molar-refractivity contribution in [2.75, 3.05) is 5.32 Å². The third-order valence-corrected chi connectivity index (χ3v) is 10.8. The number of thiophene rings is 1. The fourth-order valence-electron chi connectivity index (χ4n) is 7.30. The summed E-state index contributed by atoms with van der Waals surface area (Å²) in [6.07, 6.45) is 0. The van der Waals surface area contributed by atoms with E-state index in [-0.39, 0.29) is 0 Å². The Balaban J connectivity index is 1.08. The molecule has 2 aromatic heterocycles. The second kappa shape index (κ2) is 11.2. The molecule has 0 bridgehead atoms. The maximum atomic E-state index is 6.21. The van der Waals surface area contributed by atoms with Gasteiger partial charge in [0.05, 0.1) is 11.1 Å². The van der Waals surface area contributed by atoms with Crippen LogP contribution in [-0.2, 0) is 0 Å². The molecule has 0 aliphatic heterocycles. The largest absolute Gasteiger partial charge is 0.456 e. The second-order valence-electron chi connectivity index (χ2n) is 12.6. The van der Waals surface area contributed by atoms with Crippen molar-refractivity contribution < 1.29 is 4.42 Å². The van der Waals surface area contributed by atoms with Gasteiger partial charge in [-0.3, -0.25) is 0 Å². The molecule has 2 heterocycles. The molecule has 3 heteroatoms. The molecule has 0 aliphatic rings. The third kappa shape index (κ3) is 4.70. The number of hydrogen-bond acceptors (Lipinski definition) is 3. The molecule has 0 saturated heterocycles. The van der Waals surface area contributed by atoms with Gasteiger partial charge in [0, 0.05) is 36.8 Å². The van der Waals surface area contributed by atoms with E-state index >= 15 is 0 Å². The smallest absolute Gasteiger partial charge is 0.137 e. The molecule has 0 spiro atoms. The lowest BCUT2D eigenvalue weighted by Crippen LogP contribution is -1.95. The van der Waals surface area contributed by atoms with Crippen LogP contribution in [-0.4, -0.2) is 0 Å². The van der Waals surface area contributed by atoms with Crippen LogP contribution in [0.25, 0.3) is 86.3 Å². The first-order valence-electron chi connectivity index (χ1n) is 16.6. The van der Waals surface area contributed by atoms with Gasteiger partial charge in [0.1, 0.15) is 11.2 Å².